The molecule has 2 heterocycles. The van der Waals surface area contributed by atoms with E-state index in [-0.39, 0.29) is 5.56 Å². The first-order chi connectivity index (χ1) is 10.7. The third-order valence-electron chi connectivity index (χ3n) is 3.61. The van der Waals surface area contributed by atoms with Crippen molar-refractivity contribution >= 4 is 27.6 Å². The minimum atomic E-state index is -0.651. The standard InChI is InChI=1S/C17H10N2O3/c20-16(19-8-7-18-10-19)14-9-13-12-4-2-1-3-11(12)5-6-15(13)22-17(14)21/h1-10H. The Morgan fingerprint density at radius 1 is 1.09 bits per heavy atom. The molecule has 5 heteroatoms. The van der Waals surface area contributed by atoms with E-state index in [1.165, 1.54) is 23.3 Å². The smallest absolute Gasteiger partial charge is 0.349 e. The maximum atomic E-state index is 12.4. The van der Waals surface area contributed by atoms with Crippen LogP contribution in [-0.4, -0.2) is 15.5 Å². The normalized spacial score (nSPS) is 11.1. The van der Waals surface area contributed by atoms with Crippen LogP contribution in [0.15, 0.2) is 70.4 Å². The van der Waals surface area contributed by atoms with E-state index in [4.69, 9.17) is 4.42 Å². The van der Waals surface area contributed by atoms with E-state index in [0.29, 0.717) is 5.58 Å². The van der Waals surface area contributed by atoms with E-state index in [0.717, 1.165) is 16.2 Å². The summed E-state index contributed by atoms with van der Waals surface area (Å²) in [6, 6.07) is 13.0. The summed E-state index contributed by atoms with van der Waals surface area (Å²) in [5, 5.41) is 2.69. The van der Waals surface area contributed by atoms with Crippen LogP contribution in [0.1, 0.15) is 10.4 Å². The average molecular weight is 290 g/mol. The lowest BCUT2D eigenvalue weighted by atomic mass is 10.0. The molecule has 4 aromatic rings. The molecule has 0 unspecified atom stereocenters. The van der Waals surface area contributed by atoms with E-state index in [1.54, 1.807) is 12.1 Å². The Balaban J connectivity index is 2.04. The van der Waals surface area contributed by atoms with Crippen LogP contribution in [0.2, 0.25) is 0 Å². The van der Waals surface area contributed by atoms with Crippen molar-refractivity contribution in [2.24, 2.45) is 0 Å². The molecule has 5 nitrogen and oxygen atoms in total. The molecule has 22 heavy (non-hydrogen) atoms. The van der Waals surface area contributed by atoms with Crippen LogP contribution in [-0.2, 0) is 0 Å². The highest BCUT2D eigenvalue weighted by molar-refractivity contribution is 6.08. The summed E-state index contributed by atoms with van der Waals surface area (Å²) < 4.78 is 6.56. The zero-order chi connectivity index (χ0) is 15.1. The number of carbonyl (C=O) groups is 1. The van der Waals surface area contributed by atoms with Gasteiger partial charge in [-0.25, -0.2) is 9.78 Å². The summed E-state index contributed by atoms with van der Waals surface area (Å²) in [6.45, 7) is 0. The molecule has 0 radical (unpaired) electrons. The molecule has 0 aliphatic rings. The van der Waals surface area contributed by atoms with Crippen LogP contribution in [0.3, 0.4) is 0 Å². The van der Waals surface area contributed by atoms with Crippen LogP contribution in [0.5, 0.6) is 0 Å². The summed E-state index contributed by atoms with van der Waals surface area (Å²) in [5.74, 6) is -0.457. The zero-order valence-corrected chi connectivity index (χ0v) is 11.4. The monoisotopic (exact) mass is 290 g/mol. The molecule has 4 rings (SSSR count). The predicted octanol–water partition coefficient (Wildman–Crippen LogP) is 2.83. The number of fused-ring (bicyclic) bond motifs is 3. The van der Waals surface area contributed by atoms with Crippen LogP contribution in [0.25, 0.3) is 21.7 Å². The molecular formula is C17H10N2O3. The SMILES string of the molecule is O=C(c1cc2c(ccc3ccccc32)oc1=O)n1ccnc1. The van der Waals surface area contributed by atoms with Gasteiger partial charge in [0.05, 0.1) is 0 Å². The molecule has 0 aliphatic carbocycles. The van der Waals surface area contributed by atoms with Crippen molar-refractivity contribution in [3.05, 3.63) is 77.2 Å². The number of aromatic nitrogens is 2. The molecule has 0 fully saturated rings. The topological polar surface area (TPSA) is 65.1 Å². The highest BCUT2D eigenvalue weighted by Gasteiger charge is 2.16. The van der Waals surface area contributed by atoms with Crippen LogP contribution < -0.4 is 5.63 Å². The van der Waals surface area contributed by atoms with Gasteiger partial charge in [0, 0.05) is 17.8 Å². The summed E-state index contributed by atoms with van der Waals surface area (Å²) in [4.78, 5) is 28.3. The Morgan fingerprint density at radius 2 is 1.95 bits per heavy atom. The number of benzene rings is 2. The van der Waals surface area contributed by atoms with E-state index in [9.17, 15) is 9.59 Å². The summed E-state index contributed by atoms with van der Waals surface area (Å²) in [6.07, 6.45) is 4.33. The molecular weight excluding hydrogens is 280 g/mol. The quantitative estimate of drug-likeness (QED) is 0.399. The summed E-state index contributed by atoms with van der Waals surface area (Å²) in [7, 11) is 0. The molecule has 0 bridgehead atoms. The van der Waals surface area contributed by atoms with Crippen molar-refractivity contribution in [3.8, 4) is 0 Å². The maximum absolute atomic E-state index is 12.4. The van der Waals surface area contributed by atoms with Gasteiger partial charge in [0.25, 0.3) is 5.91 Å². The second kappa shape index (κ2) is 4.66. The Hall–Kier alpha value is -3.21. The number of hydrogen-bond acceptors (Lipinski definition) is 4. The van der Waals surface area contributed by atoms with E-state index < -0.39 is 11.5 Å². The molecule has 2 aromatic heterocycles. The van der Waals surface area contributed by atoms with Gasteiger partial charge in [0.1, 0.15) is 17.5 Å². The fourth-order valence-corrected chi connectivity index (χ4v) is 2.54. The summed E-state index contributed by atoms with van der Waals surface area (Å²) >= 11 is 0. The van der Waals surface area contributed by atoms with Crippen molar-refractivity contribution in [3.63, 3.8) is 0 Å². The zero-order valence-electron chi connectivity index (χ0n) is 11.4. The van der Waals surface area contributed by atoms with Gasteiger partial charge in [0.15, 0.2) is 0 Å². The highest BCUT2D eigenvalue weighted by atomic mass is 16.4. The van der Waals surface area contributed by atoms with Gasteiger partial charge >= 0.3 is 5.63 Å². The van der Waals surface area contributed by atoms with Crippen molar-refractivity contribution in [1.29, 1.82) is 0 Å². The first kappa shape index (κ1) is 12.5. The fourth-order valence-electron chi connectivity index (χ4n) is 2.54. The fraction of sp³-hybridized carbons (Fsp3) is 0. The van der Waals surface area contributed by atoms with Gasteiger partial charge in [-0.3, -0.25) is 9.36 Å². The lowest BCUT2D eigenvalue weighted by Gasteiger charge is -2.05. The van der Waals surface area contributed by atoms with Gasteiger partial charge in [0.2, 0.25) is 0 Å². The van der Waals surface area contributed by atoms with Crippen LogP contribution in [0.4, 0.5) is 0 Å². The molecule has 106 valence electrons. The Morgan fingerprint density at radius 3 is 2.77 bits per heavy atom. The Labute approximate surface area is 124 Å². The molecule has 0 spiro atoms. The Bertz CT molecular complexity index is 1060. The lowest BCUT2D eigenvalue weighted by molar-refractivity contribution is 0.0956. The lowest BCUT2D eigenvalue weighted by Crippen LogP contribution is -2.19. The third-order valence-corrected chi connectivity index (χ3v) is 3.61. The molecule has 0 aliphatic heterocycles. The van der Waals surface area contributed by atoms with Crippen LogP contribution in [0, 0.1) is 0 Å². The molecule has 0 atom stereocenters. The highest BCUT2D eigenvalue weighted by Crippen LogP contribution is 2.25. The minimum absolute atomic E-state index is 0.0122. The number of carbonyl (C=O) groups excluding carboxylic acids is 1. The van der Waals surface area contributed by atoms with Crippen LogP contribution >= 0.6 is 0 Å². The number of imidazole rings is 1. The second-order valence-electron chi connectivity index (χ2n) is 4.92. The van der Waals surface area contributed by atoms with E-state index >= 15 is 0 Å². The number of nitrogens with zero attached hydrogens (tertiary/aromatic N) is 2. The minimum Gasteiger partial charge on any atom is -0.422 e. The second-order valence-corrected chi connectivity index (χ2v) is 4.92. The van der Waals surface area contributed by atoms with Crippen molar-refractivity contribution < 1.29 is 9.21 Å². The predicted molar refractivity (Wildman–Crippen MR) is 81.9 cm³/mol. The number of hydrogen-bond donors (Lipinski definition) is 0. The van der Waals surface area contributed by atoms with Gasteiger partial charge in [-0.2, -0.15) is 0 Å². The third kappa shape index (κ3) is 1.83. The van der Waals surface area contributed by atoms with Gasteiger partial charge in [-0.05, 0) is 22.9 Å². The molecule has 0 saturated heterocycles. The molecule has 0 N–H and O–H groups in total. The molecule has 2 aromatic carbocycles. The largest absolute Gasteiger partial charge is 0.422 e. The summed E-state index contributed by atoms with van der Waals surface area (Å²) in [5.41, 5.74) is -0.200. The first-order valence-electron chi connectivity index (χ1n) is 6.72. The first-order valence-corrected chi connectivity index (χ1v) is 6.72. The van der Waals surface area contributed by atoms with Crippen molar-refractivity contribution in [1.82, 2.24) is 9.55 Å². The average Bonchev–Trinajstić information content (AvgIpc) is 3.08. The Kier molecular flexibility index (Phi) is 2.66. The van der Waals surface area contributed by atoms with E-state index in [1.807, 2.05) is 30.3 Å². The number of rotatable bonds is 1. The van der Waals surface area contributed by atoms with Crippen molar-refractivity contribution in [2.75, 3.05) is 0 Å². The molecule has 0 saturated carbocycles. The van der Waals surface area contributed by atoms with E-state index in [2.05, 4.69) is 4.98 Å². The maximum Gasteiger partial charge on any atom is 0.349 e. The van der Waals surface area contributed by atoms with Crippen molar-refractivity contribution in [2.45, 2.75) is 0 Å². The molecule has 0 amide bonds. The van der Waals surface area contributed by atoms with Gasteiger partial charge in [-0.1, -0.05) is 30.3 Å². The van der Waals surface area contributed by atoms with Gasteiger partial charge < -0.3 is 4.42 Å². The van der Waals surface area contributed by atoms with Gasteiger partial charge in [-0.15, -0.1) is 0 Å².